The van der Waals surface area contributed by atoms with Gasteiger partial charge in [-0.1, -0.05) is 19.1 Å². The van der Waals surface area contributed by atoms with Gasteiger partial charge in [-0.3, -0.25) is 19.7 Å². The van der Waals surface area contributed by atoms with Crippen molar-refractivity contribution in [2.24, 2.45) is 5.41 Å². The second-order valence-corrected chi connectivity index (χ2v) is 4.15. The number of carbonyl (C=O) groups is 2. The maximum Gasteiger partial charge on any atom is 0.321 e. The molecule has 0 unspecified atom stereocenters. The monoisotopic (exact) mass is 267 g/mol. The first kappa shape index (κ1) is 14.6. The Morgan fingerprint density at radius 1 is 1.21 bits per heavy atom. The van der Waals surface area contributed by atoms with E-state index in [4.69, 9.17) is 10.2 Å². The van der Waals surface area contributed by atoms with Gasteiger partial charge >= 0.3 is 11.9 Å². The second-order valence-electron chi connectivity index (χ2n) is 4.15. The van der Waals surface area contributed by atoms with Gasteiger partial charge in [-0.25, -0.2) is 0 Å². The van der Waals surface area contributed by atoms with E-state index in [1.54, 1.807) is 0 Å². The lowest BCUT2D eigenvalue weighted by Gasteiger charge is -2.23. The standard InChI is InChI=1S/C12H13NO6/c1-2-12(10(14)15,11(16)17)7-8-3-5-9(6-4-8)13(18)19/h3-6H,2,7H2,1H3,(H,14,15)(H,16,17). The SMILES string of the molecule is CCC(Cc1ccc([N+](=O)[O-])cc1)(C(=O)O)C(=O)O. The van der Waals surface area contributed by atoms with Crippen LogP contribution in [0.4, 0.5) is 5.69 Å². The van der Waals surface area contributed by atoms with Crippen molar-refractivity contribution < 1.29 is 24.7 Å². The van der Waals surface area contributed by atoms with Crippen LogP contribution in [0.15, 0.2) is 24.3 Å². The maximum atomic E-state index is 11.2. The number of nitro groups is 1. The Morgan fingerprint density at radius 3 is 2.00 bits per heavy atom. The summed E-state index contributed by atoms with van der Waals surface area (Å²) in [7, 11) is 0. The molecule has 0 fully saturated rings. The fraction of sp³-hybridized carbons (Fsp3) is 0.333. The predicted octanol–water partition coefficient (Wildman–Crippen LogP) is 1.70. The minimum Gasteiger partial charge on any atom is -0.480 e. The molecule has 0 aliphatic heterocycles. The summed E-state index contributed by atoms with van der Waals surface area (Å²) in [6.07, 6.45) is -0.291. The zero-order valence-corrected chi connectivity index (χ0v) is 10.2. The van der Waals surface area contributed by atoms with E-state index in [9.17, 15) is 19.7 Å². The number of non-ortho nitro benzene ring substituents is 1. The van der Waals surface area contributed by atoms with E-state index in [0.29, 0.717) is 5.56 Å². The topological polar surface area (TPSA) is 118 Å². The third kappa shape index (κ3) is 2.87. The van der Waals surface area contributed by atoms with Crippen LogP contribution in [0.25, 0.3) is 0 Å². The van der Waals surface area contributed by atoms with Gasteiger partial charge in [-0.2, -0.15) is 0 Å². The number of nitro benzene ring substituents is 1. The Bertz CT molecular complexity index is 493. The molecule has 0 aliphatic carbocycles. The Balaban J connectivity index is 3.07. The first-order valence-electron chi connectivity index (χ1n) is 5.53. The molecule has 0 spiro atoms. The van der Waals surface area contributed by atoms with E-state index >= 15 is 0 Å². The lowest BCUT2D eigenvalue weighted by atomic mass is 9.79. The number of nitrogens with zero attached hydrogens (tertiary/aromatic N) is 1. The Morgan fingerprint density at radius 2 is 1.68 bits per heavy atom. The number of carboxylic acid groups (broad SMARTS) is 2. The highest BCUT2D eigenvalue weighted by Gasteiger charge is 2.44. The van der Waals surface area contributed by atoms with Crippen molar-refractivity contribution in [2.75, 3.05) is 0 Å². The highest BCUT2D eigenvalue weighted by atomic mass is 16.6. The van der Waals surface area contributed by atoms with Crippen LogP contribution >= 0.6 is 0 Å². The van der Waals surface area contributed by atoms with Gasteiger partial charge in [-0.15, -0.1) is 0 Å². The molecule has 2 N–H and O–H groups in total. The van der Waals surface area contributed by atoms with Gasteiger partial charge in [0.15, 0.2) is 5.41 Å². The molecule has 0 radical (unpaired) electrons. The van der Waals surface area contributed by atoms with Crippen molar-refractivity contribution in [1.82, 2.24) is 0 Å². The smallest absolute Gasteiger partial charge is 0.321 e. The number of hydrogen-bond acceptors (Lipinski definition) is 4. The molecule has 1 aromatic rings. The van der Waals surface area contributed by atoms with Gasteiger partial charge in [0.2, 0.25) is 0 Å². The molecule has 0 saturated heterocycles. The Labute approximate surface area is 108 Å². The van der Waals surface area contributed by atoms with E-state index in [2.05, 4.69) is 0 Å². The zero-order valence-electron chi connectivity index (χ0n) is 10.2. The van der Waals surface area contributed by atoms with Crippen molar-refractivity contribution >= 4 is 17.6 Å². The first-order chi connectivity index (χ1) is 8.83. The fourth-order valence-corrected chi connectivity index (χ4v) is 1.75. The molecule has 19 heavy (non-hydrogen) atoms. The summed E-state index contributed by atoms with van der Waals surface area (Å²) in [5.74, 6) is -2.83. The number of benzene rings is 1. The largest absolute Gasteiger partial charge is 0.480 e. The normalized spacial score (nSPS) is 11.0. The molecule has 1 rings (SSSR count). The van der Waals surface area contributed by atoms with Crippen molar-refractivity contribution in [3.8, 4) is 0 Å². The average Bonchev–Trinajstić information content (AvgIpc) is 2.35. The molecule has 0 bridgehead atoms. The number of hydrogen-bond donors (Lipinski definition) is 2. The summed E-state index contributed by atoms with van der Waals surface area (Å²) >= 11 is 0. The van der Waals surface area contributed by atoms with E-state index in [1.807, 2.05) is 0 Å². The van der Waals surface area contributed by atoms with E-state index in [0.717, 1.165) is 0 Å². The first-order valence-corrected chi connectivity index (χ1v) is 5.53. The van der Waals surface area contributed by atoms with Gasteiger partial charge in [-0.05, 0) is 18.4 Å². The molecule has 1 aromatic carbocycles. The molecule has 0 atom stereocenters. The van der Waals surface area contributed by atoms with Gasteiger partial charge in [0.25, 0.3) is 5.69 Å². The van der Waals surface area contributed by atoms with Crippen molar-refractivity contribution in [3.05, 3.63) is 39.9 Å². The molecule has 102 valence electrons. The lowest BCUT2D eigenvalue weighted by molar-refractivity contribution is -0.384. The summed E-state index contributed by atoms with van der Waals surface area (Å²) in [4.78, 5) is 32.3. The summed E-state index contributed by atoms with van der Waals surface area (Å²) in [6.45, 7) is 1.48. The van der Waals surface area contributed by atoms with Crippen LogP contribution in [0, 0.1) is 15.5 Å². The van der Waals surface area contributed by atoms with Crippen LogP contribution in [0.2, 0.25) is 0 Å². The van der Waals surface area contributed by atoms with Gasteiger partial charge in [0, 0.05) is 12.1 Å². The molecule has 0 heterocycles. The van der Waals surface area contributed by atoms with Crippen molar-refractivity contribution in [1.29, 1.82) is 0 Å². The van der Waals surface area contributed by atoms with Crippen LogP contribution < -0.4 is 0 Å². The summed E-state index contributed by atoms with van der Waals surface area (Å²) < 4.78 is 0. The van der Waals surface area contributed by atoms with Crippen molar-refractivity contribution in [3.63, 3.8) is 0 Å². The molecule has 0 amide bonds. The number of rotatable bonds is 6. The summed E-state index contributed by atoms with van der Waals surface area (Å²) in [5, 5.41) is 28.7. The second kappa shape index (κ2) is 5.47. The number of carboxylic acids is 2. The van der Waals surface area contributed by atoms with E-state index in [-0.39, 0.29) is 18.5 Å². The van der Waals surface area contributed by atoms with Crippen LogP contribution in [-0.4, -0.2) is 27.1 Å². The summed E-state index contributed by atoms with van der Waals surface area (Å²) in [5.41, 5.74) is -1.61. The van der Waals surface area contributed by atoms with Crippen LogP contribution in [0.5, 0.6) is 0 Å². The molecule has 7 heteroatoms. The molecule has 0 aliphatic rings. The minimum atomic E-state index is -1.91. The van der Waals surface area contributed by atoms with Gasteiger partial charge in [0.05, 0.1) is 4.92 Å². The van der Waals surface area contributed by atoms with Gasteiger partial charge < -0.3 is 10.2 Å². The highest BCUT2D eigenvalue weighted by molar-refractivity contribution is 5.98. The minimum absolute atomic E-state index is 0.0747. The number of aliphatic carboxylic acids is 2. The Kier molecular flexibility index (Phi) is 4.21. The molecule has 7 nitrogen and oxygen atoms in total. The molecule has 0 aromatic heterocycles. The summed E-state index contributed by atoms with van der Waals surface area (Å²) in [6, 6.07) is 5.18. The quantitative estimate of drug-likeness (QED) is 0.460. The van der Waals surface area contributed by atoms with Crippen LogP contribution in [-0.2, 0) is 16.0 Å². The Hall–Kier alpha value is -2.44. The van der Waals surface area contributed by atoms with Crippen LogP contribution in [0.1, 0.15) is 18.9 Å². The molecule has 0 saturated carbocycles. The van der Waals surface area contributed by atoms with E-state index < -0.39 is 22.3 Å². The lowest BCUT2D eigenvalue weighted by Crippen LogP contribution is -2.40. The third-order valence-corrected chi connectivity index (χ3v) is 3.08. The third-order valence-electron chi connectivity index (χ3n) is 3.08. The molecular weight excluding hydrogens is 254 g/mol. The highest BCUT2D eigenvalue weighted by Crippen LogP contribution is 2.29. The van der Waals surface area contributed by atoms with E-state index in [1.165, 1.54) is 31.2 Å². The van der Waals surface area contributed by atoms with Crippen molar-refractivity contribution in [2.45, 2.75) is 19.8 Å². The van der Waals surface area contributed by atoms with Crippen LogP contribution in [0.3, 0.4) is 0 Å². The predicted molar refractivity (Wildman–Crippen MR) is 64.8 cm³/mol. The van der Waals surface area contributed by atoms with Gasteiger partial charge in [0.1, 0.15) is 0 Å². The maximum absolute atomic E-state index is 11.2. The fourth-order valence-electron chi connectivity index (χ4n) is 1.75. The zero-order chi connectivity index (χ0) is 14.6. The molecular formula is C12H13NO6. The average molecular weight is 267 g/mol.